The Kier molecular flexibility index (Phi) is 7.92. The van der Waals surface area contributed by atoms with Crippen LogP contribution in [0.1, 0.15) is 48.1 Å². The van der Waals surface area contributed by atoms with Gasteiger partial charge in [-0.1, -0.05) is 36.8 Å². The summed E-state index contributed by atoms with van der Waals surface area (Å²) in [6.07, 6.45) is 1.62. The quantitative estimate of drug-likeness (QED) is 0.347. The summed E-state index contributed by atoms with van der Waals surface area (Å²) in [5.74, 6) is -0.626. The van der Waals surface area contributed by atoms with E-state index in [4.69, 9.17) is 4.74 Å². The van der Waals surface area contributed by atoms with Gasteiger partial charge in [-0.15, -0.1) is 0 Å². The molecular weight excluding hydrogens is 416 g/mol. The molecule has 1 aliphatic rings. The van der Waals surface area contributed by atoms with Crippen LogP contribution in [0.4, 0.5) is 0 Å². The maximum absolute atomic E-state index is 13.1. The average Bonchev–Trinajstić information content (AvgIpc) is 3.03. The fourth-order valence-electron chi connectivity index (χ4n) is 4.09. The molecule has 0 unspecified atom stereocenters. The summed E-state index contributed by atoms with van der Waals surface area (Å²) in [4.78, 5) is 29.8. The minimum absolute atomic E-state index is 0.135. The van der Waals surface area contributed by atoms with Gasteiger partial charge in [0.2, 0.25) is 0 Å². The number of ether oxygens (including phenoxy) is 1. The van der Waals surface area contributed by atoms with Crippen molar-refractivity contribution in [3.63, 3.8) is 0 Å². The predicted molar refractivity (Wildman–Crippen MR) is 130 cm³/mol. The monoisotopic (exact) mass is 450 g/mol. The first kappa shape index (κ1) is 24.5. The van der Waals surface area contributed by atoms with E-state index in [9.17, 15) is 14.7 Å². The van der Waals surface area contributed by atoms with Gasteiger partial charge in [-0.3, -0.25) is 9.59 Å². The number of Topliss-reactive ketones (excluding diaryl/α,β-unsaturated/α-hetero) is 1. The number of rotatable bonds is 9. The Balaban J connectivity index is 2.05. The van der Waals surface area contributed by atoms with Crippen LogP contribution in [0.15, 0.2) is 48.0 Å². The van der Waals surface area contributed by atoms with E-state index in [1.807, 2.05) is 64.0 Å². The molecule has 0 bridgehead atoms. The molecule has 0 radical (unpaired) electrons. The Hall–Kier alpha value is -3.12. The lowest BCUT2D eigenvalue weighted by atomic mass is 9.94. The van der Waals surface area contributed by atoms with Gasteiger partial charge in [0.1, 0.15) is 11.5 Å². The van der Waals surface area contributed by atoms with E-state index in [2.05, 4.69) is 0 Å². The number of amides is 1. The minimum atomic E-state index is -0.646. The third-order valence-electron chi connectivity index (χ3n) is 5.85. The molecule has 1 aliphatic heterocycles. The molecule has 2 aromatic carbocycles. The van der Waals surface area contributed by atoms with Crippen LogP contribution in [-0.2, 0) is 9.59 Å². The van der Waals surface area contributed by atoms with E-state index >= 15 is 0 Å². The van der Waals surface area contributed by atoms with E-state index in [1.165, 1.54) is 0 Å². The van der Waals surface area contributed by atoms with Crippen molar-refractivity contribution in [2.75, 3.05) is 33.8 Å². The van der Waals surface area contributed by atoms with Crippen molar-refractivity contribution in [2.24, 2.45) is 0 Å². The average molecular weight is 451 g/mol. The zero-order valence-electron chi connectivity index (χ0n) is 20.2. The highest BCUT2D eigenvalue weighted by Gasteiger charge is 2.45. The first-order valence-electron chi connectivity index (χ1n) is 11.5. The van der Waals surface area contributed by atoms with Crippen molar-refractivity contribution in [1.82, 2.24) is 9.80 Å². The molecule has 0 aromatic heterocycles. The molecule has 1 saturated heterocycles. The molecule has 3 rings (SSSR count). The summed E-state index contributed by atoms with van der Waals surface area (Å²) in [6, 6.07) is 12.5. The van der Waals surface area contributed by atoms with Crippen LogP contribution in [-0.4, -0.2) is 60.4 Å². The van der Waals surface area contributed by atoms with Crippen LogP contribution in [0.2, 0.25) is 0 Å². The van der Waals surface area contributed by atoms with Gasteiger partial charge in [0.25, 0.3) is 11.7 Å². The van der Waals surface area contributed by atoms with Gasteiger partial charge in [-0.25, -0.2) is 0 Å². The van der Waals surface area contributed by atoms with Crippen LogP contribution in [0.25, 0.3) is 5.76 Å². The molecular formula is C27H34N2O4. The van der Waals surface area contributed by atoms with Gasteiger partial charge in [0, 0.05) is 12.1 Å². The third kappa shape index (κ3) is 5.45. The Bertz CT molecular complexity index is 1040. The highest BCUT2D eigenvalue weighted by molar-refractivity contribution is 6.46. The van der Waals surface area contributed by atoms with Crippen LogP contribution in [0.3, 0.4) is 0 Å². The van der Waals surface area contributed by atoms with Crippen molar-refractivity contribution in [3.05, 3.63) is 70.3 Å². The molecule has 6 heteroatoms. The highest BCUT2D eigenvalue weighted by Crippen LogP contribution is 2.40. The summed E-state index contributed by atoms with van der Waals surface area (Å²) in [5.41, 5.74) is 3.39. The van der Waals surface area contributed by atoms with Crippen molar-refractivity contribution in [3.8, 4) is 5.75 Å². The zero-order valence-corrected chi connectivity index (χ0v) is 20.2. The second-order valence-electron chi connectivity index (χ2n) is 8.89. The maximum Gasteiger partial charge on any atom is 0.295 e. The summed E-state index contributed by atoms with van der Waals surface area (Å²) in [7, 11) is 3.95. The van der Waals surface area contributed by atoms with Gasteiger partial charge >= 0.3 is 0 Å². The molecule has 2 aromatic rings. The van der Waals surface area contributed by atoms with Gasteiger partial charge in [0.05, 0.1) is 18.2 Å². The van der Waals surface area contributed by atoms with Crippen LogP contribution < -0.4 is 4.74 Å². The molecule has 1 heterocycles. The number of carbonyl (C=O) groups excluding carboxylic acids is 2. The van der Waals surface area contributed by atoms with Gasteiger partial charge in [-0.05, 0) is 76.7 Å². The maximum atomic E-state index is 13.1. The Labute approximate surface area is 196 Å². The molecule has 0 aliphatic carbocycles. The SMILES string of the molecule is CCCOc1ccc(C(O)=C2C(=O)C(=O)N(CCCN(C)C)[C@H]2c2ccc(C)cc2)cc1C. The lowest BCUT2D eigenvalue weighted by Gasteiger charge is -2.26. The van der Waals surface area contributed by atoms with Crippen LogP contribution >= 0.6 is 0 Å². The van der Waals surface area contributed by atoms with Gasteiger partial charge < -0.3 is 19.6 Å². The standard InChI is InChI=1S/C27H34N2O4/c1-6-16-33-22-13-12-21(17-19(22)3)25(30)23-24(20-10-8-18(2)9-11-20)29(27(32)26(23)31)15-7-14-28(4)5/h8-13,17,24,30H,6-7,14-16H2,1-5H3/t24-/m0/s1. The largest absolute Gasteiger partial charge is 0.507 e. The first-order chi connectivity index (χ1) is 15.7. The summed E-state index contributed by atoms with van der Waals surface area (Å²) in [6.45, 7) is 7.76. The number of aryl methyl sites for hydroxylation is 2. The predicted octanol–water partition coefficient (Wildman–Crippen LogP) is 4.47. The molecule has 1 fully saturated rings. The second kappa shape index (κ2) is 10.7. The third-order valence-corrected chi connectivity index (χ3v) is 5.85. The fraction of sp³-hybridized carbons (Fsp3) is 0.407. The summed E-state index contributed by atoms with van der Waals surface area (Å²) in [5, 5.41) is 11.2. The molecule has 6 nitrogen and oxygen atoms in total. The van der Waals surface area contributed by atoms with Crippen molar-refractivity contribution in [2.45, 2.75) is 39.7 Å². The van der Waals surface area contributed by atoms with Crippen molar-refractivity contribution in [1.29, 1.82) is 0 Å². The van der Waals surface area contributed by atoms with E-state index in [-0.39, 0.29) is 11.3 Å². The number of likely N-dealkylation sites (tertiary alicyclic amines) is 1. The fourth-order valence-corrected chi connectivity index (χ4v) is 4.09. The molecule has 1 amide bonds. The van der Waals surface area contributed by atoms with E-state index in [0.29, 0.717) is 18.7 Å². The summed E-state index contributed by atoms with van der Waals surface area (Å²) < 4.78 is 5.74. The van der Waals surface area contributed by atoms with Gasteiger partial charge in [0.15, 0.2) is 0 Å². The summed E-state index contributed by atoms with van der Waals surface area (Å²) >= 11 is 0. The van der Waals surface area contributed by atoms with E-state index < -0.39 is 17.7 Å². The smallest absolute Gasteiger partial charge is 0.295 e. The minimum Gasteiger partial charge on any atom is -0.507 e. The normalized spacial score (nSPS) is 17.8. The zero-order chi connectivity index (χ0) is 24.1. The highest BCUT2D eigenvalue weighted by atomic mass is 16.5. The topological polar surface area (TPSA) is 70.1 Å². The number of hydrogen-bond donors (Lipinski definition) is 1. The van der Waals surface area contributed by atoms with Crippen molar-refractivity contribution >= 4 is 17.4 Å². The van der Waals surface area contributed by atoms with E-state index in [0.717, 1.165) is 41.8 Å². The number of carbonyl (C=O) groups is 2. The molecule has 1 atom stereocenters. The van der Waals surface area contributed by atoms with Crippen molar-refractivity contribution < 1.29 is 19.4 Å². The number of ketones is 1. The second-order valence-corrected chi connectivity index (χ2v) is 8.89. The number of nitrogens with zero attached hydrogens (tertiary/aromatic N) is 2. The lowest BCUT2D eigenvalue weighted by molar-refractivity contribution is -0.139. The van der Waals surface area contributed by atoms with Crippen LogP contribution in [0, 0.1) is 13.8 Å². The molecule has 176 valence electrons. The molecule has 1 N–H and O–H groups in total. The Morgan fingerprint density at radius 3 is 2.39 bits per heavy atom. The number of benzene rings is 2. The van der Waals surface area contributed by atoms with Crippen LogP contribution in [0.5, 0.6) is 5.75 Å². The Morgan fingerprint density at radius 2 is 1.79 bits per heavy atom. The Morgan fingerprint density at radius 1 is 1.09 bits per heavy atom. The number of hydrogen-bond acceptors (Lipinski definition) is 5. The number of aliphatic hydroxyl groups is 1. The lowest BCUT2D eigenvalue weighted by Crippen LogP contribution is -2.32. The number of aliphatic hydroxyl groups excluding tert-OH is 1. The molecule has 0 saturated carbocycles. The molecule has 0 spiro atoms. The van der Waals surface area contributed by atoms with Gasteiger partial charge in [-0.2, -0.15) is 0 Å². The first-order valence-corrected chi connectivity index (χ1v) is 11.5. The van der Waals surface area contributed by atoms with E-state index in [1.54, 1.807) is 23.1 Å². The molecule has 33 heavy (non-hydrogen) atoms.